The van der Waals surface area contributed by atoms with Crippen molar-refractivity contribution in [2.45, 2.75) is 45.9 Å². The number of hydrogen-bond donors (Lipinski definition) is 2. The second-order valence-electron chi connectivity index (χ2n) is 9.66. The number of anilines is 2. The summed E-state index contributed by atoms with van der Waals surface area (Å²) >= 11 is 0. The lowest BCUT2D eigenvalue weighted by atomic mass is 9.99. The predicted octanol–water partition coefficient (Wildman–Crippen LogP) is 3.04. The first-order chi connectivity index (χ1) is 17.7. The molecule has 1 aliphatic rings. The average Bonchev–Trinajstić information content (AvgIpc) is 3.14. The molecule has 37 heavy (non-hydrogen) atoms. The molecular weight excluding hydrogens is 470 g/mol. The van der Waals surface area contributed by atoms with E-state index in [1.165, 1.54) is 16.4 Å². The molecule has 10 heteroatoms. The predicted molar refractivity (Wildman–Crippen MR) is 141 cm³/mol. The number of rotatable bonds is 6. The lowest BCUT2D eigenvalue weighted by Gasteiger charge is -2.28. The molecule has 0 bridgehead atoms. The molecule has 2 N–H and O–H groups in total. The van der Waals surface area contributed by atoms with Crippen LogP contribution in [0.4, 0.5) is 11.6 Å². The third kappa shape index (κ3) is 4.63. The molecule has 0 radical (unpaired) electrons. The molecule has 0 fully saturated rings. The van der Waals surface area contributed by atoms with Gasteiger partial charge >= 0.3 is 0 Å². The molecule has 0 spiro atoms. The lowest BCUT2D eigenvalue weighted by molar-refractivity contribution is -0.129. The largest absolute Gasteiger partial charge is 0.384 e. The molecule has 0 saturated carbocycles. The van der Waals surface area contributed by atoms with E-state index in [4.69, 9.17) is 0 Å². The highest BCUT2D eigenvalue weighted by molar-refractivity contribution is 5.77. The maximum atomic E-state index is 13.2. The molecule has 0 unspecified atom stereocenters. The molecule has 0 atom stereocenters. The van der Waals surface area contributed by atoms with Crippen molar-refractivity contribution < 1.29 is 9.90 Å². The van der Waals surface area contributed by atoms with Gasteiger partial charge in [0.2, 0.25) is 11.9 Å². The summed E-state index contributed by atoms with van der Waals surface area (Å²) in [7, 11) is 0. The van der Waals surface area contributed by atoms with Gasteiger partial charge in [-0.3, -0.25) is 9.59 Å². The van der Waals surface area contributed by atoms with Crippen LogP contribution in [-0.2, 0) is 29.9 Å². The quantitative estimate of drug-likeness (QED) is 0.392. The number of hydrogen-bond acceptors (Lipinski definition) is 7. The van der Waals surface area contributed by atoms with Crippen LogP contribution in [0.5, 0.6) is 0 Å². The van der Waals surface area contributed by atoms with Crippen LogP contribution in [0.15, 0.2) is 60.0 Å². The minimum absolute atomic E-state index is 0.0575. The maximum absolute atomic E-state index is 13.2. The standard InChI is InChI=1S/C27H29N7O3/c1-5-12-33-25(36)21-15-28-26(29-20-10-9-18-11-13-32(17(2)35)16-19(18)14-20)31-24(21)34(33)23-8-6-7-22(30-23)27(3,4)37/h5-10,14-15,37H,1,11-13,16H2,2-4H3,(H,28,29,31). The number of fused-ring (bicyclic) bond motifs is 2. The van der Waals surface area contributed by atoms with Crippen LogP contribution >= 0.6 is 0 Å². The first kappa shape index (κ1) is 24.4. The van der Waals surface area contributed by atoms with Gasteiger partial charge in [0.15, 0.2) is 11.5 Å². The smallest absolute Gasteiger partial charge is 0.278 e. The fourth-order valence-corrected chi connectivity index (χ4v) is 4.52. The Labute approximate surface area is 213 Å². The number of aromatic nitrogens is 5. The van der Waals surface area contributed by atoms with Gasteiger partial charge in [-0.05, 0) is 55.7 Å². The Balaban J connectivity index is 1.57. The molecular formula is C27H29N7O3. The zero-order chi connectivity index (χ0) is 26.3. The Morgan fingerprint density at radius 3 is 2.76 bits per heavy atom. The van der Waals surface area contributed by atoms with Crippen molar-refractivity contribution in [1.29, 1.82) is 0 Å². The molecule has 1 aliphatic heterocycles. The van der Waals surface area contributed by atoms with E-state index in [1.54, 1.807) is 49.7 Å². The van der Waals surface area contributed by atoms with E-state index < -0.39 is 5.60 Å². The van der Waals surface area contributed by atoms with Crippen molar-refractivity contribution in [2.24, 2.45) is 0 Å². The second-order valence-corrected chi connectivity index (χ2v) is 9.66. The number of pyridine rings is 1. The maximum Gasteiger partial charge on any atom is 0.278 e. The van der Waals surface area contributed by atoms with E-state index in [0.717, 1.165) is 24.2 Å². The monoisotopic (exact) mass is 499 g/mol. The Morgan fingerprint density at radius 1 is 1.22 bits per heavy atom. The highest BCUT2D eigenvalue weighted by atomic mass is 16.3. The highest BCUT2D eigenvalue weighted by Crippen LogP contribution is 2.25. The van der Waals surface area contributed by atoms with Crippen molar-refractivity contribution in [1.82, 2.24) is 29.2 Å². The van der Waals surface area contributed by atoms with Crippen LogP contribution in [0.25, 0.3) is 16.9 Å². The average molecular weight is 500 g/mol. The third-order valence-corrected chi connectivity index (χ3v) is 6.48. The summed E-state index contributed by atoms with van der Waals surface area (Å²) < 4.78 is 3.11. The fourth-order valence-electron chi connectivity index (χ4n) is 4.52. The number of aliphatic hydroxyl groups is 1. The van der Waals surface area contributed by atoms with E-state index in [-0.39, 0.29) is 18.0 Å². The Hall–Kier alpha value is -4.31. The van der Waals surface area contributed by atoms with Crippen molar-refractivity contribution in [3.63, 3.8) is 0 Å². The molecule has 10 nitrogen and oxygen atoms in total. The van der Waals surface area contributed by atoms with E-state index in [9.17, 15) is 14.7 Å². The topological polar surface area (TPSA) is 118 Å². The number of allylic oxidation sites excluding steroid dienone is 1. The molecule has 4 heterocycles. The minimum atomic E-state index is -1.16. The number of benzene rings is 1. The van der Waals surface area contributed by atoms with Crippen molar-refractivity contribution in [2.75, 3.05) is 11.9 Å². The molecule has 1 aromatic carbocycles. The molecule has 0 saturated heterocycles. The van der Waals surface area contributed by atoms with E-state index in [0.29, 0.717) is 35.0 Å². The Morgan fingerprint density at radius 2 is 2.03 bits per heavy atom. The van der Waals surface area contributed by atoms with E-state index in [1.807, 2.05) is 17.0 Å². The zero-order valence-corrected chi connectivity index (χ0v) is 21.1. The van der Waals surface area contributed by atoms with Crippen LogP contribution in [-0.4, -0.2) is 46.8 Å². The van der Waals surface area contributed by atoms with Crippen LogP contribution in [0, 0.1) is 0 Å². The van der Waals surface area contributed by atoms with Gasteiger partial charge in [0.1, 0.15) is 11.0 Å². The number of carbonyl (C=O) groups is 1. The third-order valence-electron chi connectivity index (χ3n) is 6.48. The molecule has 3 aromatic heterocycles. The first-order valence-electron chi connectivity index (χ1n) is 12.1. The first-order valence-corrected chi connectivity index (χ1v) is 12.1. The summed E-state index contributed by atoms with van der Waals surface area (Å²) in [4.78, 5) is 40.5. The van der Waals surface area contributed by atoms with E-state index in [2.05, 4.69) is 32.9 Å². The van der Waals surface area contributed by atoms with Gasteiger partial charge < -0.3 is 15.3 Å². The van der Waals surface area contributed by atoms with Gasteiger partial charge in [-0.2, -0.15) is 4.98 Å². The molecule has 1 amide bonds. The van der Waals surface area contributed by atoms with E-state index >= 15 is 0 Å². The Bertz CT molecular complexity index is 1580. The summed E-state index contributed by atoms with van der Waals surface area (Å²) in [5.41, 5.74) is 2.49. The summed E-state index contributed by atoms with van der Waals surface area (Å²) in [6, 6.07) is 11.3. The molecule has 4 aromatic rings. The normalized spacial score (nSPS) is 13.5. The summed E-state index contributed by atoms with van der Waals surface area (Å²) in [6.07, 6.45) is 3.94. The highest BCUT2D eigenvalue weighted by Gasteiger charge is 2.22. The number of amides is 1. The van der Waals surface area contributed by atoms with Gasteiger partial charge in [-0.15, -0.1) is 6.58 Å². The van der Waals surface area contributed by atoms with Crippen LogP contribution in [0.2, 0.25) is 0 Å². The molecule has 190 valence electrons. The molecule has 5 rings (SSSR count). The van der Waals surface area contributed by atoms with Crippen molar-refractivity contribution in [3.8, 4) is 5.82 Å². The summed E-state index contributed by atoms with van der Waals surface area (Å²) in [5, 5.41) is 14.0. The van der Waals surface area contributed by atoms with Crippen LogP contribution < -0.4 is 10.9 Å². The fraction of sp³-hybridized carbons (Fsp3) is 0.296. The van der Waals surface area contributed by atoms with Crippen LogP contribution in [0.3, 0.4) is 0 Å². The number of nitrogens with zero attached hydrogens (tertiary/aromatic N) is 6. The van der Waals surface area contributed by atoms with Gasteiger partial charge in [0, 0.05) is 31.9 Å². The lowest BCUT2D eigenvalue weighted by Crippen LogP contribution is -2.34. The van der Waals surface area contributed by atoms with Gasteiger partial charge in [0.25, 0.3) is 5.56 Å². The summed E-state index contributed by atoms with van der Waals surface area (Å²) in [5.74, 6) is 0.813. The van der Waals surface area contributed by atoms with Crippen LogP contribution in [0.1, 0.15) is 37.6 Å². The zero-order valence-electron chi connectivity index (χ0n) is 21.1. The number of nitrogens with one attached hydrogen (secondary N) is 1. The SMILES string of the molecule is C=CCn1c(=O)c2cnc(Nc3ccc4c(c3)CN(C(C)=O)CC4)nc2n1-c1cccc(C(C)(C)O)n1. The summed E-state index contributed by atoms with van der Waals surface area (Å²) in [6.45, 7) is 10.2. The number of carbonyl (C=O) groups excluding carboxylic acids is 1. The van der Waals surface area contributed by atoms with Crippen molar-refractivity contribution in [3.05, 3.63) is 82.4 Å². The molecule has 0 aliphatic carbocycles. The van der Waals surface area contributed by atoms with Crippen molar-refractivity contribution >= 4 is 28.6 Å². The minimum Gasteiger partial charge on any atom is -0.384 e. The second kappa shape index (κ2) is 9.29. The van der Waals surface area contributed by atoms with Gasteiger partial charge in [-0.25, -0.2) is 19.3 Å². The van der Waals surface area contributed by atoms with Gasteiger partial charge in [-0.1, -0.05) is 18.2 Å². The Kier molecular flexibility index (Phi) is 6.12. The van der Waals surface area contributed by atoms with Gasteiger partial charge in [0.05, 0.1) is 12.2 Å².